The lowest BCUT2D eigenvalue weighted by atomic mass is 10.1. The van der Waals surface area contributed by atoms with Gasteiger partial charge < -0.3 is 14.9 Å². The van der Waals surface area contributed by atoms with Gasteiger partial charge in [-0.05, 0) is 37.3 Å². The lowest BCUT2D eigenvalue weighted by Crippen LogP contribution is -2.12. The van der Waals surface area contributed by atoms with Crippen LogP contribution < -0.4 is 5.32 Å². The van der Waals surface area contributed by atoms with Crippen LogP contribution in [0.1, 0.15) is 29.7 Å². The quantitative estimate of drug-likeness (QED) is 0.583. The summed E-state index contributed by atoms with van der Waals surface area (Å²) in [5.41, 5.74) is 6.03. The third-order valence-electron chi connectivity index (χ3n) is 5.46. The van der Waals surface area contributed by atoms with Crippen LogP contribution in [0.15, 0.2) is 36.8 Å². The molecule has 0 spiro atoms. The van der Waals surface area contributed by atoms with Gasteiger partial charge in [-0.3, -0.25) is 0 Å². The van der Waals surface area contributed by atoms with Crippen molar-refractivity contribution < 1.29 is 0 Å². The number of hydrogen-bond acceptors (Lipinski definition) is 4. The number of aromatic nitrogens is 4. The number of aryl methyl sites for hydroxylation is 1. The molecule has 2 N–H and O–H groups in total. The van der Waals surface area contributed by atoms with Crippen molar-refractivity contribution in [2.45, 2.75) is 32.2 Å². The van der Waals surface area contributed by atoms with E-state index in [0.717, 1.165) is 66.8 Å². The summed E-state index contributed by atoms with van der Waals surface area (Å²) in [6.45, 7) is 1.70. The Kier molecular flexibility index (Phi) is 3.79. The predicted octanol–water partition coefficient (Wildman–Crippen LogP) is 3.78. The molecule has 134 valence electrons. The molecule has 0 radical (unpaired) electrons. The highest BCUT2D eigenvalue weighted by Gasteiger charge is 2.23. The molecular weight excluding hydrogens is 336 g/mol. The maximum atomic E-state index is 9.63. The van der Waals surface area contributed by atoms with Crippen LogP contribution in [0.4, 0.5) is 5.82 Å². The number of hydrogen-bond donors (Lipinski definition) is 2. The summed E-state index contributed by atoms with van der Waals surface area (Å²) in [6.07, 6.45) is 7.73. The van der Waals surface area contributed by atoms with Crippen molar-refractivity contribution in [1.29, 1.82) is 5.26 Å². The van der Waals surface area contributed by atoms with Crippen LogP contribution in [0.5, 0.6) is 0 Å². The zero-order valence-corrected chi connectivity index (χ0v) is 15.0. The van der Waals surface area contributed by atoms with Gasteiger partial charge in [0, 0.05) is 35.9 Å². The number of nitrogens with zero attached hydrogens (tertiary/aromatic N) is 4. The van der Waals surface area contributed by atoms with Crippen molar-refractivity contribution in [1.82, 2.24) is 19.5 Å². The first-order chi connectivity index (χ1) is 13.4. The van der Waals surface area contributed by atoms with Crippen molar-refractivity contribution in [3.8, 4) is 6.07 Å². The largest absolute Gasteiger partial charge is 0.368 e. The third-order valence-corrected chi connectivity index (χ3v) is 5.46. The first-order valence-corrected chi connectivity index (χ1v) is 9.42. The van der Waals surface area contributed by atoms with E-state index in [1.807, 2.05) is 6.07 Å². The first-order valence-electron chi connectivity index (χ1n) is 9.42. The van der Waals surface area contributed by atoms with Gasteiger partial charge >= 0.3 is 0 Å². The number of nitriles is 1. The molecule has 0 aliphatic carbocycles. The highest BCUT2D eigenvalue weighted by atomic mass is 15.1. The van der Waals surface area contributed by atoms with E-state index in [4.69, 9.17) is 0 Å². The minimum Gasteiger partial charge on any atom is -0.368 e. The SMILES string of the molecule is N#Cc1c2n(c3c(NCCc4c[nH]c5ccccc45)ncnc13)CCCC2. The molecule has 1 aromatic carbocycles. The van der Waals surface area contributed by atoms with Gasteiger partial charge in [-0.15, -0.1) is 0 Å². The lowest BCUT2D eigenvalue weighted by molar-refractivity contribution is 0.544. The Morgan fingerprint density at radius 2 is 2.15 bits per heavy atom. The van der Waals surface area contributed by atoms with Gasteiger partial charge in [0.05, 0.1) is 5.56 Å². The van der Waals surface area contributed by atoms with Crippen LogP contribution >= 0.6 is 0 Å². The van der Waals surface area contributed by atoms with E-state index in [2.05, 4.69) is 55.3 Å². The van der Waals surface area contributed by atoms with Crippen molar-refractivity contribution in [3.63, 3.8) is 0 Å². The van der Waals surface area contributed by atoms with Gasteiger partial charge in [-0.2, -0.15) is 5.26 Å². The topological polar surface area (TPSA) is 82.3 Å². The highest BCUT2D eigenvalue weighted by Crippen LogP contribution is 2.32. The Hall–Kier alpha value is -3.33. The molecule has 0 unspecified atom stereocenters. The number of H-pyrrole nitrogens is 1. The molecule has 0 amide bonds. The minimum atomic E-state index is 0.715. The number of nitrogens with one attached hydrogen (secondary N) is 2. The Labute approximate surface area is 156 Å². The van der Waals surface area contributed by atoms with Gasteiger partial charge in [0.25, 0.3) is 0 Å². The Morgan fingerprint density at radius 1 is 1.22 bits per heavy atom. The van der Waals surface area contributed by atoms with Crippen LogP contribution in [0.2, 0.25) is 0 Å². The fourth-order valence-corrected chi connectivity index (χ4v) is 4.19. The fraction of sp³-hybridized carbons (Fsp3) is 0.286. The molecule has 4 aromatic rings. The summed E-state index contributed by atoms with van der Waals surface area (Å²) < 4.78 is 2.24. The molecule has 3 aromatic heterocycles. The maximum absolute atomic E-state index is 9.63. The second-order valence-electron chi connectivity index (χ2n) is 7.00. The molecule has 0 bridgehead atoms. The van der Waals surface area contributed by atoms with Crippen molar-refractivity contribution in [2.24, 2.45) is 0 Å². The molecular formula is C21H20N6. The Balaban J connectivity index is 1.45. The standard InChI is InChI=1S/C21H20N6/c22-11-16-18-7-3-4-10-27(18)20-19(16)25-13-26-21(20)23-9-8-14-12-24-17-6-2-1-5-15(14)17/h1-2,5-6,12-13,24H,3-4,7-10H2,(H,23,25,26). The average molecular weight is 356 g/mol. The normalized spacial score (nSPS) is 13.6. The lowest BCUT2D eigenvalue weighted by Gasteiger charge is -2.17. The summed E-state index contributed by atoms with van der Waals surface area (Å²) in [5, 5.41) is 14.4. The molecule has 27 heavy (non-hydrogen) atoms. The summed E-state index contributed by atoms with van der Waals surface area (Å²) in [4.78, 5) is 12.2. The molecule has 0 saturated carbocycles. The monoisotopic (exact) mass is 356 g/mol. The second-order valence-corrected chi connectivity index (χ2v) is 7.00. The van der Waals surface area contributed by atoms with Gasteiger partial charge in [0.2, 0.25) is 0 Å². The van der Waals surface area contributed by atoms with Crippen molar-refractivity contribution >= 4 is 27.8 Å². The number of aromatic amines is 1. The van der Waals surface area contributed by atoms with Gasteiger partial charge in [0.15, 0.2) is 5.82 Å². The molecule has 6 nitrogen and oxygen atoms in total. The van der Waals surface area contributed by atoms with Crippen LogP contribution in [0, 0.1) is 11.3 Å². The molecule has 1 aliphatic heterocycles. The maximum Gasteiger partial charge on any atom is 0.154 e. The van der Waals surface area contributed by atoms with E-state index in [-0.39, 0.29) is 0 Å². The van der Waals surface area contributed by atoms with Crippen molar-refractivity contribution in [2.75, 3.05) is 11.9 Å². The van der Waals surface area contributed by atoms with Crippen LogP contribution in [-0.4, -0.2) is 26.1 Å². The predicted molar refractivity (Wildman–Crippen MR) is 106 cm³/mol. The van der Waals surface area contributed by atoms with E-state index in [9.17, 15) is 5.26 Å². The molecule has 6 heteroatoms. The zero-order chi connectivity index (χ0) is 18.2. The molecule has 0 atom stereocenters. The minimum absolute atomic E-state index is 0.715. The average Bonchev–Trinajstić information content (AvgIpc) is 3.27. The summed E-state index contributed by atoms with van der Waals surface area (Å²) in [5.74, 6) is 0.824. The molecule has 5 rings (SSSR count). The number of benzene rings is 1. The Bertz CT molecular complexity index is 1180. The van der Waals surface area contributed by atoms with E-state index >= 15 is 0 Å². The molecule has 0 fully saturated rings. The van der Waals surface area contributed by atoms with Crippen LogP contribution in [0.25, 0.3) is 21.9 Å². The van der Waals surface area contributed by atoms with Crippen LogP contribution in [0.3, 0.4) is 0 Å². The smallest absolute Gasteiger partial charge is 0.154 e. The van der Waals surface area contributed by atoms with E-state index in [1.165, 1.54) is 10.9 Å². The number of para-hydroxylation sites is 1. The van der Waals surface area contributed by atoms with E-state index in [1.54, 1.807) is 6.33 Å². The number of rotatable bonds is 4. The molecule has 1 aliphatic rings. The van der Waals surface area contributed by atoms with E-state index < -0.39 is 0 Å². The molecule has 0 saturated heterocycles. The van der Waals surface area contributed by atoms with Gasteiger partial charge in [-0.25, -0.2) is 9.97 Å². The highest BCUT2D eigenvalue weighted by molar-refractivity contribution is 5.92. The van der Waals surface area contributed by atoms with Gasteiger partial charge in [-0.1, -0.05) is 18.2 Å². The molecule has 4 heterocycles. The number of anilines is 1. The summed E-state index contributed by atoms with van der Waals surface area (Å²) in [7, 11) is 0. The first kappa shape index (κ1) is 15.9. The number of fused-ring (bicyclic) bond motifs is 4. The summed E-state index contributed by atoms with van der Waals surface area (Å²) >= 11 is 0. The second kappa shape index (κ2) is 6.44. The van der Waals surface area contributed by atoms with Crippen molar-refractivity contribution in [3.05, 3.63) is 53.6 Å². The Morgan fingerprint density at radius 3 is 3.07 bits per heavy atom. The van der Waals surface area contributed by atoms with E-state index in [0.29, 0.717) is 5.56 Å². The van der Waals surface area contributed by atoms with Gasteiger partial charge in [0.1, 0.15) is 23.4 Å². The zero-order valence-electron chi connectivity index (χ0n) is 15.0. The van der Waals surface area contributed by atoms with Crippen LogP contribution in [-0.2, 0) is 19.4 Å². The third kappa shape index (κ3) is 2.55. The summed E-state index contributed by atoms with van der Waals surface area (Å²) in [6, 6.07) is 10.7. The fourth-order valence-electron chi connectivity index (χ4n) is 4.19.